The second-order valence-electron chi connectivity index (χ2n) is 8.32. The van der Waals surface area contributed by atoms with E-state index in [1.807, 2.05) is 4.72 Å². The fraction of sp³-hybridized carbons (Fsp3) is 0.154. The molecule has 2 amide bonds. The van der Waals surface area contributed by atoms with E-state index in [9.17, 15) is 26.4 Å². The van der Waals surface area contributed by atoms with Crippen LogP contribution in [0.1, 0.15) is 17.0 Å². The second kappa shape index (κ2) is 10.9. The summed E-state index contributed by atoms with van der Waals surface area (Å²) in [5.74, 6) is 0. The van der Waals surface area contributed by atoms with Gasteiger partial charge in [-0.05, 0) is 60.9 Å². The average Bonchev–Trinajstić information content (AvgIpc) is 3.22. The van der Waals surface area contributed by atoms with E-state index in [4.69, 9.17) is 11.6 Å². The average molecular weight is 563 g/mol. The van der Waals surface area contributed by atoms with Crippen molar-refractivity contribution in [2.24, 2.45) is 0 Å². The lowest BCUT2D eigenvalue weighted by Crippen LogP contribution is -2.40. The largest absolute Gasteiger partial charge is 0.435 e. The molecule has 1 heterocycles. The molecule has 4 aromatic rings. The van der Waals surface area contributed by atoms with E-state index in [2.05, 4.69) is 10.4 Å². The van der Waals surface area contributed by atoms with E-state index in [1.165, 1.54) is 28.9 Å². The predicted octanol–water partition coefficient (Wildman–Crippen LogP) is 5.75. The zero-order valence-corrected chi connectivity index (χ0v) is 21.5. The number of hydrogen-bond acceptors (Lipinski definition) is 4. The molecular formula is C26H22ClF3N4O3S. The Morgan fingerprint density at radius 2 is 1.61 bits per heavy atom. The maximum atomic E-state index is 13.8. The fourth-order valence-corrected chi connectivity index (χ4v) is 4.91. The van der Waals surface area contributed by atoms with Crippen LogP contribution < -0.4 is 10.0 Å². The number of aromatic nitrogens is 2. The first kappa shape index (κ1) is 27.2. The van der Waals surface area contributed by atoms with E-state index in [-0.39, 0.29) is 17.0 Å². The molecule has 0 atom stereocenters. The van der Waals surface area contributed by atoms with Crippen LogP contribution in [0.5, 0.6) is 0 Å². The van der Waals surface area contributed by atoms with Crippen LogP contribution in [-0.4, -0.2) is 30.8 Å². The SMILES string of the molecule is Cc1c(-c2ccccc2)c(C(F)(F)F)nn1-c1ccc(CCNC(=O)NS(=O)(=O)c2ccc(Cl)cc2)cc1. The molecule has 1 aromatic heterocycles. The third-order valence-electron chi connectivity index (χ3n) is 5.68. The first-order valence-electron chi connectivity index (χ1n) is 11.3. The Bertz CT molecular complexity index is 1540. The van der Waals surface area contributed by atoms with Crippen LogP contribution in [0.4, 0.5) is 18.0 Å². The number of urea groups is 1. The number of benzene rings is 3. The number of amides is 2. The van der Waals surface area contributed by atoms with Gasteiger partial charge in [-0.1, -0.05) is 54.1 Å². The van der Waals surface area contributed by atoms with Gasteiger partial charge >= 0.3 is 12.2 Å². The molecule has 0 aliphatic carbocycles. The third kappa shape index (κ3) is 6.17. The standard InChI is InChI=1S/C26H22ClF3N4O3S/c1-17-23(19-5-3-2-4-6-19)24(26(28,29)30)32-34(17)21-11-7-18(8-12-21)15-16-31-25(35)33-38(36,37)22-13-9-20(27)10-14-22/h2-14H,15-16H2,1H3,(H2,31,33,35). The lowest BCUT2D eigenvalue weighted by molar-refractivity contribution is -0.140. The van der Waals surface area contributed by atoms with Crippen LogP contribution in [-0.2, 0) is 22.6 Å². The Labute approximate surface area is 222 Å². The Hall–Kier alpha value is -3.83. The van der Waals surface area contributed by atoms with E-state index in [1.54, 1.807) is 61.5 Å². The molecule has 0 fully saturated rings. The molecule has 198 valence electrons. The van der Waals surface area contributed by atoms with Gasteiger partial charge in [0.25, 0.3) is 10.0 Å². The zero-order valence-electron chi connectivity index (χ0n) is 20.0. The van der Waals surface area contributed by atoms with Gasteiger partial charge in [-0.3, -0.25) is 0 Å². The van der Waals surface area contributed by atoms with E-state index in [0.29, 0.717) is 28.4 Å². The minimum atomic E-state index is -4.63. The number of nitrogens with one attached hydrogen (secondary N) is 2. The van der Waals surface area contributed by atoms with Gasteiger partial charge in [0, 0.05) is 22.8 Å². The molecule has 4 rings (SSSR count). The maximum Gasteiger partial charge on any atom is 0.435 e. The highest BCUT2D eigenvalue weighted by Gasteiger charge is 2.39. The van der Waals surface area contributed by atoms with Crippen molar-refractivity contribution in [1.82, 2.24) is 19.8 Å². The van der Waals surface area contributed by atoms with Gasteiger partial charge < -0.3 is 5.32 Å². The lowest BCUT2D eigenvalue weighted by atomic mass is 10.0. The quantitative estimate of drug-likeness (QED) is 0.300. The molecule has 0 unspecified atom stereocenters. The van der Waals surface area contributed by atoms with Crippen molar-refractivity contribution in [3.8, 4) is 16.8 Å². The molecule has 2 N–H and O–H groups in total. The van der Waals surface area contributed by atoms with Gasteiger partial charge in [-0.25, -0.2) is 22.6 Å². The van der Waals surface area contributed by atoms with Crippen LogP contribution >= 0.6 is 11.6 Å². The van der Waals surface area contributed by atoms with Gasteiger partial charge in [-0.15, -0.1) is 0 Å². The number of rotatable bonds is 7. The number of carbonyl (C=O) groups excluding carboxylic acids is 1. The molecule has 0 aliphatic heterocycles. The maximum absolute atomic E-state index is 13.8. The summed E-state index contributed by atoms with van der Waals surface area (Å²) in [4.78, 5) is 12.0. The summed E-state index contributed by atoms with van der Waals surface area (Å²) >= 11 is 5.75. The van der Waals surface area contributed by atoms with Crippen LogP contribution in [0.2, 0.25) is 5.02 Å². The topological polar surface area (TPSA) is 93.1 Å². The molecule has 0 bridgehead atoms. The summed E-state index contributed by atoms with van der Waals surface area (Å²) < 4.78 is 69.0. The Morgan fingerprint density at radius 3 is 2.21 bits per heavy atom. The molecule has 3 aromatic carbocycles. The number of nitrogens with zero attached hydrogens (tertiary/aromatic N) is 2. The fourth-order valence-electron chi connectivity index (χ4n) is 3.86. The third-order valence-corrected chi connectivity index (χ3v) is 7.28. The lowest BCUT2D eigenvalue weighted by Gasteiger charge is -2.10. The Morgan fingerprint density at radius 1 is 0.974 bits per heavy atom. The molecule has 0 radical (unpaired) electrons. The van der Waals surface area contributed by atoms with Crippen molar-refractivity contribution in [3.63, 3.8) is 0 Å². The predicted molar refractivity (Wildman–Crippen MR) is 138 cm³/mol. The van der Waals surface area contributed by atoms with Gasteiger partial charge in [0.05, 0.1) is 10.6 Å². The molecular weight excluding hydrogens is 541 g/mol. The summed E-state index contributed by atoms with van der Waals surface area (Å²) in [7, 11) is -4.05. The monoisotopic (exact) mass is 562 g/mol. The highest BCUT2D eigenvalue weighted by Crippen LogP contribution is 2.39. The van der Waals surface area contributed by atoms with Crippen molar-refractivity contribution in [2.45, 2.75) is 24.4 Å². The summed E-state index contributed by atoms with van der Waals surface area (Å²) in [5, 5.41) is 6.70. The van der Waals surface area contributed by atoms with Gasteiger partial charge in [0.1, 0.15) is 0 Å². The first-order valence-corrected chi connectivity index (χ1v) is 13.2. The molecule has 38 heavy (non-hydrogen) atoms. The van der Waals surface area contributed by atoms with Crippen LogP contribution in [0.25, 0.3) is 16.8 Å². The molecule has 0 aliphatic rings. The Kier molecular flexibility index (Phi) is 7.79. The number of hydrogen-bond donors (Lipinski definition) is 2. The summed E-state index contributed by atoms with van der Waals surface area (Å²) in [6, 6.07) is 19.4. The van der Waals surface area contributed by atoms with Crippen molar-refractivity contribution < 1.29 is 26.4 Å². The number of alkyl halides is 3. The first-order chi connectivity index (χ1) is 18.0. The summed E-state index contributed by atoms with van der Waals surface area (Å²) in [6.07, 6.45) is -4.27. The van der Waals surface area contributed by atoms with Gasteiger partial charge in [0.15, 0.2) is 5.69 Å². The number of halogens is 4. The van der Waals surface area contributed by atoms with Crippen molar-refractivity contribution >= 4 is 27.7 Å². The second-order valence-corrected chi connectivity index (χ2v) is 10.4. The van der Waals surface area contributed by atoms with E-state index < -0.39 is 27.9 Å². The molecule has 0 spiro atoms. The molecule has 0 saturated heterocycles. The van der Waals surface area contributed by atoms with Crippen molar-refractivity contribution in [1.29, 1.82) is 0 Å². The minimum Gasteiger partial charge on any atom is -0.337 e. The zero-order chi connectivity index (χ0) is 27.5. The van der Waals surface area contributed by atoms with E-state index in [0.717, 1.165) is 5.56 Å². The highest BCUT2D eigenvalue weighted by molar-refractivity contribution is 7.90. The van der Waals surface area contributed by atoms with Crippen LogP contribution in [0, 0.1) is 6.92 Å². The normalized spacial score (nSPS) is 11.8. The number of sulfonamides is 1. The van der Waals surface area contributed by atoms with Crippen LogP contribution in [0.15, 0.2) is 83.8 Å². The summed E-state index contributed by atoms with van der Waals surface area (Å²) in [6.45, 7) is 1.71. The Balaban J connectivity index is 1.42. The van der Waals surface area contributed by atoms with Crippen molar-refractivity contribution in [3.05, 3.63) is 101 Å². The highest BCUT2D eigenvalue weighted by atomic mass is 35.5. The van der Waals surface area contributed by atoms with Gasteiger partial charge in [-0.2, -0.15) is 18.3 Å². The van der Waals surface area contributed by atoms with E-state index >= 15 is 0 Å². The van der Waals surface area contributed by atoms with Gasteiger partial charge in [0.2, 0.25) is 0 Å². The smallest absolute Gasteiger partial charge is 0.337 e. The molecule has 7 nitrogen and oxygen atoms in total. The minimum absolute atomic E-state index is 0.0194. The summed E-state index contributed by atoms with van der Waals surface area (Å²) in [5.41, 5.74) is 1.04. The van der Waals surface area contributed by atoms with Crippen LogP contribution in [0.3, 0.4) is 0 Å². The van der Waals surface area contributed by atoms with Crippen molar-refractivity contribution in [2.75, 3.05) is 6.54 Å². The number of carbonyl (C=O) groups is 1. The molecule has 0 saturated carbocycles. The molecule has 12 heteroatoms.